The summed E-state index contributed by atoms with van der Waals surface area (Å²) < 4.78 is 0. The van der Waals surface area contributed by atoms with Crippen LogP contribution >= 0.6 is 22.9 Å². The van der Waals surface area contributed by atoms with Crippen LogP contribution in [0.1, 0.15) is 45.9 Å². The molecule has 1 aliphatic rings. The van der Waals surface area contributed by atoms with E-state index in [1.54, 1.807) is 30.3 Å². The van der Waals surface area contributed by atoms with Gasteiger partial charge in [0, 0.05) is 15.5 Å². The number of hydrogen-bond acceptors (Lipinski definition) is 5. The van der Waals surface area contributed by atoms with Crippen molar-refractivity contribution in [3.63, 3.8) is 0 Å². The highest BCUT2D eigenvalue weighted by Gasteiger charge is 2.43. The second kappa shape index (κ2) is 8.84. The number of imide groups is 1. The molecule has 1 aromatic heterocycles. The fraction of sp³-hybridized carbons (Fsp3) is 0.250. The molecule has 3 aromatic rings. The molecule has 0 saturated carbocycles. The van der Waals surface area contributed by atoms with E-state index in [9.17, 15) is 14.4 Å². The van der Waals surface area contributed by atoms with Crippen LogP contribution < -0.4 is 5.32 Å². The number of aromatic nitrogens is 1. The highest BCUT2D eigenvalue weighted by Crippen LogP contribution is 2.33. The van der Waals surface area contributed by atoms with Gasteiger partial charge in [0.1, 0.15) is 6.04 Å². The molecule has 2 aromatic carbocycles. The van der Waals surface area contributed by atoms with Gasteiger partial charge in [-0.1, -0.05) is 49.7 Å². The molecular formula is C24H22ClN3O3S. The summed E-state index contributed by atoms with van der Waals surface area (Å²) in [6, 6.07) is 13.1. The molecule has 6 nitrogen and oxygen atoms in total. The Morgan fingerprint density at radius 2 is 1.75 bits per heavy atom. The summed E-state index contributed by atoms with van der Waals surface area (Å²) in [6.45, 7) is 5.81. The number of rotatable bonds is 6. The average Bonchev–Trinajstić information content (AvgIpc) is 3.23. The molecule has 164 valence electrons. The standard InChI is InChI=1S/C24H22ClN3O3S/c1-13(2)11-19(28-22(30)17-9-4-5-10-18(17)23(28)31)21(29)27-24-26-20(14(3)32-24)15-7-6-8-16(25)12-15/h4-10,12-13,19H,11H2,1-3H3,(H,26,27,29). The molecule has 3 amide bonds. The van der Waals surface area contributed by atoms with E-state index in [-0.39, 0.29) is 5.92 Å². The number of thiazole rings is 1. The van der Waals surface area contributed by atoms with E-state index < -0.39 is 23.8 Å². The average molecular weight is 468 g/mol. The fourth-order valence-corrected chi connectivity index (χ4v) is 4.84. The Labute approximate surface area is 195 Å². The molecule has 0 radical (unpaired) electrons. The summed E-state index contributed by atoms with van der Waals surface area (Å²) in [6.07, 6.45) is 0.350. The number of amides is 3. The maximum absolute atomic E-state index is 13.3. The minimum absolute atomic E-state index is 0.0927. The van der Waals surface area contributed by atoms with Crippen molar-refractivity contribution in [1.82, 2.24) is 9.88 Å². The van der Waals surface area contributed by atoms with Crippen molar-refractivity contribution in [1.29, 1.82) is 0 Å². The van der Waals surface area contributed by atoms with Crippen molar-refractivity contribution >= 4 is 45.8 Å². The predicted molar refractivity (Wildman–Crippen MR) is 126 cm³/mol. The maximum atomic E-state index is 13.3. The number of nitrogens with one attached hydrogen (secondary N) is 1. The number of fused-ring (bicyclic) bond motifs is 1. The summed E-state index contributed by atoms with van der Waals surface area (Å²) >= 11 is 7.44. The molecule has 0 saturated heterocycles. The Morgan fingerprint density at radius 1 is 1.09 bits per heavy atom. The number of aryl methyl sites for hydroxylation is 1. The van der Waals surface area contributed by atoms with Crippen molar-refractivity contribution in [2.45, 2.75) is 33.2 Å². The molecule has 0 fully saturated rings. The Kier molecular flexibility index (Phi) is 6.13. The molecule has 32 heavy (non-hydrogen) atoms. The van der Waals surface area contributed by atoms with Gasteiger partial charge in [-0.2, -0.15) is 0 Å². The maximum Gasteiger partial charge on any atom is 0.262 e. The number of carbonyl (C=O) groups excluding carboxylic acids is 3. The first-order chi connectivity index (χ1) is 15.3. The third-order valence-corrected chi connectivity index (χ3v) is 6.38. The third-order valence-electron chi connectivity index (χ3n) is 5.26. The van der Waals surface area contributed by atoms with Crippen LogP contribution in [0, 0.1) is 12.8 Å². The van der Waals surface area contributed by atoms with E-state index in [1.807, 2.05) is 39.0 Å². The van der Waals surface area contributed by atoms with Gasteiger partial charge in [0.2, 0.25) is 5.91 Å². The van der Waals surface area contributed by atoms with E-state index in [1.165, 1.54) is 11.3 Å². The number of hydrogen-bond donors (Lipinski definition) is 1. The lowest BCUT2D eigenvalue weighted by molar-refractivity contribution is -0.120. The molecule has 1 unspecified atom stereocenters. The lowest BCUT2D eigenvalue weighted by Crippen LogP contribution is -2.47. The topological polar surface area (TPSA) is 79.4 Å². The number of halogens is 1. The van der Waals surface area contributed by atoms with Crippen LogP contribution in [0.2, 0.25) is 5.02 Å². The van der Waals surface area contributed by atoms with Crippen LogP contribution in [-0.2, 0) is 4.79 Å². The van der Waals surface area contributed by atoms with Gasteiger partial charge in [0.25, 0.3) is 11.8 Å². The van der Waals surface area contributed by atoms with E-state index in [4.69, 9.17) is 11.6 Å². The Morgan fingerprint density at radius 3 is 2.34 bits per heavy atom. The molecule has 1 atom stereocenters. The molecule has 8 heteroatoms. The van der Waals surface area contributed by atoms with Gasteiger partial charge >= 0.3 is 0 Å². The number of carbonyl (C=O) groups is 3. The Hall–Kier alpha value is -3.03. The third kappa shape index (κ3) is 4.18. The van der Waals surface area contributed by atoms with Crippen LogP contribution in [0.5, 0.6) is 0 Å². The molecule has 1 N–H and O–H groups in total. The second-order valence-corrected chi connectivity index (χ2v) is 9.73. The Bertz CT molecular complexity index is 1190. The molecule has 0 aliphatic carbocycles. The summed E-state index contributed by atoms with van der Waals surface area (Å²) in [7, 11) is 0. The molecule has 0 spiro atoms. The largest absolute Gasteiger partial charge is 0.300 e. The molecule has 2 heterocycles. The van der Waals surface area contributed by atoms with Gasteiger partial charge in [-0.05, 0) is 43.5 Å². The van der Waals surface area contributed by atoms with Crippen LogP contribution in [0.15, 0.2) is 48.5 Å². The smallest absolute Gasteiger partial charge is 0.262 e. The lowest BCUT2D eigenvalue weighted by atomic mass is 10.0. The minimum Gasteiger partial charge on any atom is -0.300 e. The van der Waals surface area contributed by atoms with Crippen molar-refractivity contribution < 1.29 is 14.4 Å². The highest BCUT2D eigenvalue weighted by atomic mass is 35.5. The van der Waals surface area contributed by atoms with Gasteiger partial charge < -0.3 is 5.32 Å². The lowest BCUT2D eigenvalue weighted by Gasteiger charge is -2.26. The van der Waals surface area contributed by atoms with Gasteiger partial charge in [-0.3, -0.25) is 19.3 Å². The normalized spacial score (nSPS) is 14.1. The molecule has 4 rings (SSSR count). The van der Waals surface area contributed by atoms with Gasteiger partial charge in [-0.25, -0.2) is 4.98 Å². The van der Waals surface area contributed by atoms with E-state index >= 15 is 0 Å². The first-order valence-corrected chi connectivity index (χ1v) is 11.5. The fourth-order valence-electron chi connectivity index (χ4n) is 3.81. The zero-order valence-electron chi connectivity index (χ0n) is 17.9. The first kappa shape index (κ1) is 22.2. The van der Waals surface area contributed by atoms with Crippen molar-refractivity contribution in [2.75, 3.05) is 5.32 Å². The molecule has 1 aliphatic heterocycles. The number of anilines is 1. The minimum atomic E-state index is -0.929. The van der Waals surface area contributed by atoms with Gasteiger partial charge in [0.05, 0.1) is 16.8 Å². The zero-order valence-corrected chi connectivity index (χ0v) is 19.5. The molecular weight excluding hydrogens is 446 g/mol. The van der Waals surface area contributed by atoms with Crippen LogP contribution in [0.25, 0.3) is 11.3 Å². The van der Waals surface area contributed by atoms with Crippen LogP contribution in [0.4, 0.5) is 5.13 Å². The van der Waals surface area contributed by atoms with Crippen molar-refractivity contribution in [2.24, 2.45) is 5.92 Å². The zero-order chi connectivity index (χ0) is 23.0. The van der Waals surface area contributed by atoms with Crippen molar-refractivity contribution in [3.8, 4) is 11.3 Å². The quantitative estimate of drug-likeness (QED) is 0.491. The monoisotopic (exact) mass is 467 g/mol. The van der Waals surface area contributed by atoms with E-state index in [2.05, 4.69) is 10.3 Å². The molecule has 0 bridgehead atoms. The SMILES string of the molecule is Cc1sc(NC(=O)C(CC(C)C)N2C(=O)c3ccccc3C2=O)nc1-c1cccc(Cl)c1. The van der Waals surface area contributed by atoms with Crippen LogP contribution in [-0.4, -0.2) is 33.6 Å². The first-order valence-electron chi connectivity index (χ1n) is 10.3. The van der Waals surface area contributed by atoms with Gasteiger partial charge in [0.15, 0.2) is 5.13 Å². The van der Waals surface area contributed by atoms with E-state index in [0.29, 0.717) is 27.7 Å². The van der Waals surface area contributed by atoms with E-state index in [0.717, 1.165) is 21.0 Å². The Balaban J connectivity index is 1.61. The predicted octanol–water partition coefficient (Wildman–Crippen LogP) is 5.42. The van der Waals surface area contributed by atoms with Crippen molar-refractivity contribution in [3.05, 3.63) is 69.6 Å². The van der Waals surface area contributed by atoms with Crippen LogP contribution in [0.3, 0.4) is 0 Å². The summed E-state index contributed by atoms with van der Waals surface area (Å²) in [5, 5.41) is 3.84. The second-order valence-electron chi connectivity index (χ2n) is 8.09. The summed E-state index contributed by atoms with van der Waals surface area (Å²) in [4.78, 5) is 45.8. The summed E-state index contributed by atoms with van der Waals surface area (Å²) in [5.74, 6) is -1.22. The number of benzene rings is 2. The summed E-state index contributed by atoms with van der Waals surface area (Å²) in [5.41, 5.74) is 2.24. The number of nitrogens with zero attached hydrogens (tertiary/aromatic N) is 2. The highest BCUT2D eigenvalue weighted by molar-refractivity contribution is 7.16. The van der Waals surface area contributed by atoms with Gasteiger partial charge in [-0.15, -0.1) is 11.3 Å².